The molecule has 2 aromatic carbocycles. The minimum absolute atomic E-state index is 0.0504. The normalized spacial score (nSPS) is 16.1. The van der Waals surface area contributed by atoms with Crippen molar-refractivity contribution in [2.45, 2.75) is 43.5 Å². The maximum Gasteiger partial charge on any atom is 0.238 e. The molecule has 0 amide bonds. The summed E-state index contributed by atoms with van der Waals surface area (Å²) < 4.78 is 75.5. The number of anilines is 1. The van der Waals surface area contributed by atoms with Crippen molar-refractivity contribution in [2.75, 3.05) is 18.4 Å². The third-order valence-corrected chi connectivity index (χ3v) is 7.70. The van der Waals surface area contributed by atoms with Gasteiger partial charge in [-0.05, 0) is 43.4 Å². The molecule has 1 atom stereocenters. The summed E-state index contributed by atoms with van der Waals surface area (Å²) in [6, 6.07) is 4.97. The Morgan fingerprint density at radius 3 is 2.42 bits per heavy atom. The Kier molecular flexibility index (Phi) is 6.54. The minimum Gasteiger partial charge on any atom is -0.494 e. The Morgan fingerprint density at radius 1 is 1.19 bits per heavy atom. The standard InChI is InChI=1S/C21H24F3NO5S/c1-12-3-4-13(16(22)7-12)8-15-19(24)17(23)9-18(30-2)20(15)25-31(28,29)21(5-6-21)10-14(27)11-26/h3-4,7,9,14,25-27H,5-6,8,10-11H2,1-2H3/t14-/m0/s1. The first-order valence-electron chi connectivity index (χ1n) is 9.64. The van der Waals surface area contributed by atoms with Crippen LogP contribution in [0, 0.1) is 24.4 Å². The molecule has 0 heterocycles. The van der Waals surface area contributed by atoms with Crippen molar-refractivity contribution < 1.29 is 36.5 Å². The van der Waals surface area contributed by atoms with E-state index in [1.54, 1.807) is 13.0 Å². The van der Waals surface area contributed by atoms with Gasteiger partial charge in [-0.1, -0.05) is 12.1 Å². The summed E-state index contributed by atoms with van der Waals surface area (Å²) in [7, 11) is -3.01. The second-order valence-corrected chi connectivity index (χ2v) is 9.91. The van der Waals surface area contributed by atoms with Crippen LogP contribution in [0.1, 0.15) is 36.0 Å². The van der Waals surface area contributed by atoms with E-state index in [1.165, 1.54) is 19.2 Å². The van der Waals surface area contributed by atoms with Gasteiger partial charge in [-0.2, -0.15) is 0 Å². The van der Waals surface area contributed by atoms with Gasteiger partial charge in [-0.3, -0.25) is 4.72 Å². The Bertz CT molecular complexity index is 1090. The number of rotatable bonds is 9. The molecule has 0 aromatic heterocycles. The van der Waals surface area contributed by atoms with Gasteiger partial charge in [0.25, 0.3) is 0 Å². The number of hydrogen-bond donors (Lipinski definition) is 3. The maximum atomic E-state index is 14.8. The molecule has 31 heavy (non-hydrogen) atoms. The molecule has 1 fully saturated rings. The number of ether oxygens (including phenoxy) is 1. The first-order chi connectivity index (χ1) is 14.5. The van der Waals surface area contributed by atoms with Crippen LogP contribution in [0.4, 0.5) is 18.9 Å². The highest BCUT2D eigenvalue weighted by atomic mass is 32.2. The van der Waals surface area contributed by atoms with Gasteiger partial charge in [0, 0.05) is 18.1 Å². The van der Waals surface area contributed by atoms with Gasteiger partial charge in [0.05, 0.1) is 30.3 Å². The van der Waals surface area contributed by atoms with E-state index in [9.17, 15) is 26.7 Å². The second-order valence-electron chi connectivity index (χ2n) is 7.83. The lowest BCUT2D eigenvalue weighted by Gasteiger charge is -2.23. The predicted molar refractivity (Wildman–Crippen MR) is 109 cm³/mol. The predicted octanol–water partition coefficient (Wildman–Crippen LogP) is 3.03. The summed E-state index contributed by atoms with van der Waals surface area (Å²) in [5.41, 5.74) is -0.0418. The fraction of sp³-hybridized carbons (Fsp3) is 0.429. The van der Waals surface area contributed by atoms with Crippen molar-refractivity contribution in [1.82, 2.24) is 0 Å². The number of benzene rings is 2. The summed E-state index contributed by atoms with van der Waals surface area (Å²) in [6.07, 6.45) is -1.42. The van der Waals surface area contributed by atoms with Gasteiger partial charge >= 0.3 is 0 Å². The smallest absolute Gasteiger partial charge is 0.238 e. The molecular weight excluding hydrogens is 435 g/mol. The largest absolute Gasteiger partial charge is 0.494 e. The van der Waals surface area contributed by atoms with E-state index >= 15 is 0 Å². The molecule has 3 N–H and O–H groups in total. The Labute approximate surface area is 178 Å². The van der Waals surface area contributed by atoms with E-state index < -0.39 is 56.9 Å². The summed E-state index contributed by atoms with van der Waals surface area (Å²) in [6.45, 7) is 1.07. The molecular formula is C21H24F3NO5S. The molecule has 0 unspecified atom stereocenters. The number of sulfonamides is 1. The van der Waals surface area contributed by atoms with Crippen LogP contribution in [-0.2, 0) is 16.4 Å². The number of halogens is 3. The van der Waals surface area contributed by atoms with Crippen molar-refractivity contribution in [2.24, 2.45) is 0 Å². The van der Waals surface area contributed by atoms with Gasteiger partial charge in [-0.25, -0.2) is 21.6 Å². The molecule has 170 valence electrons. The van der Waals surface area contributed by atoms with Gasteiger partial charge < -0.3 is 14.9 Å². The molecule has 0 aliphatic heterocycles. The molecule has 6 nitrogen and oxygen atoms in total. The zero-order chi connectivity index (χ0) is 23.0. The van der Waals surface area contributed by atoms with E-state index in [2.05, 4.69) is 4.72 Å². The number of nitrogens with one attached hydrogen (secondary N) is 1. The van der Waals surface area contributed by atoms with Crippen molar-refractivity contribution in [3.63, 3.8) is 0 Å². The minimum atomic E-state index is -4.18. The molecule has 0 spiro atoms. The Balaban J connectivity index is 2.06. The van der Waals surface area contributed by atoms with Crippen LogP contribution >= 0.6 is 0 Å². The van der Waals surface area contributed by atoms with Crippen LogP contribution in [0.3, 0.4) is 0 Å². The fourth-order valence-electron chi connectivity index (χ4n) is 3.54. The Hall–Kier alpha value is -2.30. The number of hydrogen-bond acceptors (Lipinski definition) is 5. The van der Waals surface area contributed by atoms with E-state index in [0.29, 0.717) is 11.6 Å². The highest BCUT2D eigenvalue weighted by molar-refractivity contribution is 7.94. The number of methoxy groups -OCH3 is 1. The molecule has 1 saturated carbocycles. The van der Waals surface area contributed by atoms with Crippen molar-refractivity contribution in [3.05, 3.63) is 58.4 Å². The van der Waals surface area contributed by atoms with Crippen molar-refractivity contribution in [1.29, 1.82) is 0 Å². The highest BCUT2D eigenvalue weighted by Gasteiger charge is 2.55. The van der Waals surface area contributed by atoms with Gasteiger partial charge in [-0.15, -0.1) is 0 Å². The van der Waals surface area contributed by atoms with Crippen LogP contribution in [0.2, 0.25) is 0 Å². The summed E-state index contributed by atoms with van der Waals surface area (Å²) in [5, 5.41) is 18.8. The molecule has 1 aliphatic rings. The van der Waals surface area contributed by atoms with Gasteiger partial charge in [0.1, 0.15) is 11.6 Å². The SMILES string of the molecule is COc1cc(F)c(F)c(Cc2ccc(C)cc2F)c1NS(=O)(=O)C1(C[C@H](O)CO)CC1. The third-order valence-electron chi connectivity index (χ3n) is 5.51. The van der Waals surface area contributed by atoms with Crippen LogP contribution in [0.5, 0.6) is 5.75 Å². The highest BCUT2D eigenvalue weighted by Crippen LogP contribution is 2.49. The van der Waals surface area contributed by atoms with Crippen molar-refractivity contribution in [3.8, 4) is 5.75 Å². The van der Waals surface area contributed by atoms with E-state index in [-0.39, 0.29) is 36.3 Å². The number of aryl methyl sites for hydroxylation is 1. The molecule has 3 rings (SSSR count). The molecule has 0 radical (unpaired) electrons. The van der Waals surface area contributed by atoms with Crippen LogP contribution < -0.4 is 9.46 Å². The van der Waals surface area contributed by atoms with E-state index in [0.717, 1.165) is 0 Å². The molecule has 0 saturated heterocycles. The molecule has 0 bridgehead atoms. The molecule has 1 aliphatic carbocycles. The zero-order valence-electron chi connectivity index (χ0n) is 17.1. The van der Waals surface area contributed by atoms with Crippen LogP contribution in [0.25, 0.3) is 0 Å². The maximum absolute atomic E-state index is 14.8. The number of aliphatic hydroxyl groups excluding tert-OH is 2. The number of aliphatic hydroxyl groups is 2. The summed E-state index contributed by atoms with van der Waals surface area (Å²) in [5.74, 6) is -3.48. The second kappa shape index (κ2) is 8.68. The average molecular weight is 459 g/mol. The summed E-state index contributed by atoms with van der Waals surface area (Å²) >= 11 is 0. The lowest BCUT2D eigenvalue weighted by atomic mass is 10.0. The zero-order valence-corrected chi connectivity index (χ0v) is 17.9. The molecule has 10 heteroatoms. The third kappa shape index (κ3) is 4.65. The van der Waals surface area contributed by atoms with Crippen molar-refractivity contribution >= 4 is 15.7 Å². The van der Waals surface area contributed by atoms with Crippen LogP contribution in [-0.4, -0.2) is 43.2 Å². The van der Waals surface area contributed by atoms with E-state index in [1.807, 2.05) is 0 Å². The lowest BCUT2D eigenvalue weighted by Crippen LogP contribution is -2.34. The quantitative estimate of drug-likeness (QED) is 0.536. The van der Waals surface area contributed by atoms with Gasteiger partial charge in [0.2, 0.25) is 10.0 Å². The molecule has 2 aromatic rings. The average Bonchev–Trinajstić information content (AvgIpc) is 3.50. The summed E-state index contributed by atoms with van der Waals surface area (Å²) in [4.78, 5) is 0. The first-order valence-corrected chi connectivity index (χ1v) is 11.1. The van der Waals surface area contributed by atoms with E-state index in [4.69, 9.17) is 9.84 Å². The van der Waals surface area contributed by atoms with Gasteiger partial charge in [0.15, 0.2) is 11.6 Å². The first kappa shape index (κ1) is 23.4. The topological polar surface area (TPSA) is 95.9 Å². The fourth-order valence-corrected chi connectivity index (χ4v) is 5.30. The lowest BCUT2D eigenvalue weighted by molar-refractivity contribution is 0.0858. The Morgan fingerprint density at radius 2 is 1.87 bits per heavy atom. The van der Waals surface area contributed by atoms with Crippen LogP contribution in [0.15, 0.2) is 24.3 Å². The monoisotopic (exact) mass is 459 g/mol.